The molecule has 0 heterocycles. The highest BCUT2D eigenvalue weighted by atomic mass is 16.5. The number of amides is 1. The Morgan fingerprint density at radius 2 is 1.72 bits per heavy atom. The maximum Gasteiger partial charge on any atom is 0.251 e. The van der Waals surface area contributed by atoms with Gasteiger partial charge in [0, 0.05) is 31.9 Å². The van der Waals surface area contributed by atoms with E-state index in [4.69, 9.17) is 9.47 Å². The van der Waals surface area contributed by atoms with Crippen molar-refractivity contribution in [2.45, 2.75) is 6.10 Å². The molecule has 2 N–H and O–H groups in total. The Labute approximate surface area is 148 Å². The number of aliphatic hydroxyl groups is 1. The van der Waals surface area contributed by atoms with E-state index >= 15 is 0 Å². The predicted molar refractivity (Wildman–Crippen MR) is 97.6 cm³/mol. The quantitative estimate of drug-likeness (QED) is 0.806. The third-order valence-electron chi connectivity index (χ3n) is 3.89. The van der Waals surface area contributed by atoms with E-state index < -0.39 is 6.10 Å². The van der Waals surface area contributed by atoms with Crippen molar-refractivity contribution in [3.05, 3.63) is 53.6 Å². The number of carbonyl (C=O) groups is 1. The molecule has 1 atom stereocenters. The van der Waals surface area contributed by atoms with Crippen LogP contribution in [0.1, 0.15) is 22.0 Å². The molecule has 0 bridgehead atoms. The summed E-state index contributed by atoms with van der Waals surface area (Å²) in [7, 11) is 6.96. The van der Waals surface area contributed by atoms with E-state index in [1.165, 1.54) is 7.11 Å². The molecule has 25 heavy (non-hydrogen) atoms. The molecule has 2 aromatic rings. The molecule has 2 rings (SSSR count). The van der Waals surface area contributed by atoms with Crippen molar-refractivity contribution in [2.75, 3.05) is 39.8 Å². The lowest BCUT2D eigenvalue weighted by atomic mass is 10.1. The van der Waals surface area contributed by atoms with Gasteiger partial charge in [0.25, 0.3) is 5.91 Å². The zero-order valence-electron chi connectivity index (χ0n) is 14.9. The first-order chi connectivity index (χ1) is 12.0. The number of methoxy groups -OCH3 is 2. The summed E-state index contributed by atoms with van der Waals surface area (Å²) in [5.74, 6) is 0.887. The van der Waals surface area contributed by atoms with Crippen LogP contribution >= 0.6 is 0 Å². The number of aliphatic hydroxyl groups excluding tert-OH is 1. The normalized spacial score (nSPS) is 11.6. The van der Waals surface area contributed by atoms with Crippen LogP contribution in [0.5, 0.6) is 11.5 Å². The summed E-state index contributed by atoms with van der Waals surface area (Å²) in [6.07, 6.45) is -0.843. The number of anilines is 1. The molecule has 0 radical (unpaired) electrons. The second-order valence-electron chi connectivity index (χ2n) is 5.78. The van der Waals surface area contributed by atoms with E-state index in [2.05, 4.69) is 5.32 Å². The number of carbonyl (C=O) groups excluding carboxylic acids is 1. The molecule has 6 nitrogen and oxygen atoms in total. The van der Waals surface area contributed by atoms with Crippen molar-refractivity contribution < 1.29 is 19.4 Å². The number of hydrogen-bond acceptors (Lipinski definition) is 5. The molecule has 0 aliphatic carbocycles. The molecular formula is C19H24N2O4. The minimum atomic E-state index is -0.843. The maximum absolute atomic E-state index is 12.2. The highest BCUT2D eigenvalue weighted by Gasteiger charge is 2.14. The van der Waals surface area contributed by atoms with E-state index in [0.717, 1.165) is 5.69 Å². The molecule has 2 aromatic carbocycles. The lowest BCUT2D eigenvalue weighted by molar-refractivity contribution is 0.0916. The molecule has 0 aliphatic heterocycles. The van der Waals surface area contributed by atoms with Crippen LogP contribution in [0.15, 0.2) is 42.5 Å². The number of nitrogens with zero attached hydrogens (tertiary/aromatic N) is 1. The predicted octanol–water partition coefficient (Wildman–Crippen LogP) is 2.23. The fourth-order valence-electron chi connectivity index (χ4n) is 2.38. The second-order valence-corrected chi connectivity index (χ2v) is 5.78. The van der Waals surface area contributed by atoms with E-state index in [0.29, 0.717) is 22.6 Å². The summed E-state index contributed by atoms with van der Waals surface area (Å²) < 4.78 is 10.4. The van der Waals surface area contributed by atoms with Gasteiger partial charge in [-0.25, -0.2) is 0 Å². The van der Waals surface area contributed by atoms with Gasteiger partial charge in [-0.15, -0.1) is 0 Å². The van der Waals surface area contributed by atoms with Crippen LogP contribution in [-0.4, -0.2) is 45.9 Å². The Balaban J connectivity index is 1.99. The van der Waals surface area contributed by atoms with Gasteiger partial charge in [-0.1, -0.05) is 6.07 Å². The zero-order valence-corrected chi connectivity index (χ0v) is 14.9. The van der Waals surface area contributed by atoms with E-state index in [9.17, 15) is 9.90 Å². The van der Waals surface area contributed by atoms with Crippen molar-refractivity contribution in [2.24, 2.45) is 0 Å². The molecule has 1 amide bonds. The lowest BCUT2D eigenvalue weighted by Crippen LogP contribution is -2.28. The molecule has 134 valence electrons. The minimum Gasteiger partial charge on any atom is -0.493 e. The molecule has 0 saturated carbocycles. The molecule has 6 heteroatoms. The molecule has 0 saturated heterocycles. The molecule has 0 aliphatic rings. The molecule has 0 spiro atoms. The summed E-state index contributed by atoms with van der Waals surface area (Å²) in [4.78, 5) is 14.2. The topological polar surface area (TPSA) is 71.0 Å². The van der Waals surface area contributed by atoms with Crippen molar-refractivity contribution in [1.82, 2.24) is 5.32 Å². The third kappa shape index (κ3) is 4.64. The van der Waals surface area contributed by atoms with E-state index in [-0.39, 0.29) is 12.5 Å². The van der Waals surface area contributed by atoms with Gasteiger partial charge in [0.2, 0.25) is 0 Å². The standard InChI is InChI=1S/C19H24N2O4/c1-21(2)15-8-5-13(6-9-15)19(23)20-12-16(22)14-7-10-17(24-3)18(11-14)25-4/h5-11,16,22H,12H2,1-4H3,(H,20,23). The molecule has 1 unspecified atom stereocenters. The van der Waals surface area contributed by atoms with Crippen LogP contribution in [0.3, 0.4) is 0 Å². The Morgan fingerprint density at radius 1 is 1.08 bits per heavy atom. The van der Waals surface area contributed by atoms with E-state index in [1.54, 1.807) is 37.4 Å². The molecule has 0 fully saturated rings. The summed E-state index contributed by atoms with van der Waals surface area (Å²) >= 11 is 0. The first-order valence-electron chi connectivity index (χ1n) is 7.91. The van der Waals surface area contributed by atoms with Gasteiger partial charge in [0.1, 0.15) is 0 Å². The largest absolute Gasteiger partial charge is 0.493 e. The highest BCUT2D eigenvalue weighted by Crippen LogP contribution is 2.29. The number of rotatable bonds is 7. The first-order valence-corrected chi connectivity index (χ1v) is 7.91. The van der Waals surface area contributed by atoms with Gasteiger partial charge in [0.15, 0.2) is 11.5 Å². The van der Waals surface area contributed by atoms with Gasteiger partial charge >= 0.3 is 0 Å². The van der Waals surface area contributed by atoms with Crippen molar-refractivity contribution in [3.63, 3.8) is 0 Å². The fourth-order valence-corrected chi connectivity index (χ4v) is 2.38. The van der Waals surface area contributed by atoms with Crippen LogP contribution in [0.2, 0.25) is 0 Å². The van der Waals surface area contributed by atoms with Crippen LogP contribution in [-0.2, 0) is 0 Å². The zero-order chi connectivity index (χ0) is 18.4. The third-order valence-corrected chi connectivity index (χ3v) is 3.89. The lowest BCUT2D eigenvalue weighted by Gasteiger charge is -2.15. The Hall–Kier alpha value is -2.73. The monoisotopic (exact) mass is 344 g/mol. The second kappa shape index (κ2) is 8.39. The number of nitrogens with one attached hydrogen (secondary N) is 1. The fraction of sp³-hybridized carbons (Fsp3) is 0.316. The average molecular weight is 344 g/mol. The average Bonchev–Trinajstić information content (AvgIpc) is 2.65. The number of ether oxygens (including phenoxy) is 2. The molecule has 0 aromatic heterocycles. The van der Waals surface area contributed by atoms with Gasteiger partial charge in [-0.2, -0.15) is 0 Å². The van der Waals surface area contributed by atoms with Crippen molar-refractivity contribution in [3.8, 4) is 11.5 Å². The van der Waals surface area contributed by atoms with Gasteiger partial charge in [-0.05, 0) is 42.0 Å². The maximum atomic E-state index is 12.2. The minimum absolute atomic E-state index is 0.101. The summed E-state index contributed by atoms with van der Waals surface area (Å²) in [6.45, 7) is 0.101. The SMILES string of the molecule is COc1ccc(C(O)CNC(=O)c2ccc(N(C)C)cc2)cc1OC. The Kier molecular flexibility index (Phi) is 6.25. The highest BCUT2D eigenvalue weighted by molar-refractivity contribution is 5.94. The van der Waals surface area contributed by atoms with Crippen LogP contribution in [0, 0.1) is 0 Å². The summed E-state index contributed by atoms with van der Waals surface area (Å²) in [5.41, 5.74) is 2.20. The Bertz CT molecular complexity index is 714. The van der Waals surface area contributed by atoms with Crippen molar-refractivity contribution in [1.29, 1.82) is 0 Å². The van der Waals surface area contributed by atoms with E-state index in [1.807, 2.05) is 31.1 Å². The van der Waals surface area contributed by atoms with Gasteiger partial charge in [-0.3, -0.25) is 4.79 Å². The van der Waals surface area contributed by atoms with Crippen molar-refractivity contribution >= 4 is 11.6 Å². The number of hydrogen-bond donors (Lipinski definition) is 2. The van der Waals surface area contributed by atoms with Crippen LogP contribution in [0.25, 0.3) is 0 Å². The smallest absolute Gasteiger partial charge is 0.251 e. The van der Waals surface area contributed by atoms with Crippen LogP contribution < -0.4 is 19.7 Å². The Morgan fingerprint density at radius 3 is 2.28 bits per heavy atom. The number of benzene rings is 2. The first kappa shape index (κ1) is 18.6. The molecular weight excluding hydrogens is 320 g/mol. The van der Waals surface area contributed by atoms with Crippen LogP contribution in [0.4, 0.5) is 5.69 Å². The summed E-state index contributed by atoms with van der Waals surface area (Å²) in [5, 5.41) is 13.0. The summed E-state index contributed by atoms with van der Waals surface area (Å²) in [6, 6.07) is 12.4. The van der Waals surface area contributed by atoms with Gasteiger partial charge in [0.05, 0.1) is 20.3 Å². The van der Waals surface area contributed by atoms with Gasteiger partial charge < -0.3 is 24.8 Å².